The summed E-state index contributed by atoms with van der Waals surface area (Å²) in [6.07, 6.45) is -3.84. The van der Waals surface area contributed by atoms with Crippen LogP contribution in [0, 0.1) is 0 Å². The van der Waals surface area contributed by atoms with Gasteiger partial charge in [0.1, 0.15) is 12.1 Å². The highest BCUT2D eigenvalue weighted by molar-refractivity contribution is 6.01. The number of amides is 3. The van der Waals surface area contributed by atoms with E-state index < -0.39 is 30.1 Å². The van der Waals surface area contributed by atoms with Crippen LogP contribution in [0.4, 0.5) is 24.5 Å². The average Bonchev–Trinajstić information content (AvgIpc) is 2.64. The van der Waals surface area contributed by atoms with Crippen molar-refractivity contribution >= 4 is 29.1 Å². The summed E-state index contributed by atoms with van der Waals surface area (Å²) in [5, 5.41) is 10.5. The van der Waals surface area contributed by atoms with E-state index in [1.165, 1.54) is 0 Å². The van der Waals surface area contributed by atoms with Crippen molar-refractivity contribution in [2.24, 2.45) is 0 Å². The van der Waals surface area contributed by atoms with Crippen molar-refractivity contribution in [3.63, 3.8) is 0 Å². The summed E-state index contributed by atoms with van der Waals surface area (Å²) in [4.78, 5) is 36.4. The molecule has 2 heterocycles. The first-order chi connectivity index (χ1) is 13.7. The number of nitrogens with zero attached hydrogens (tertiary/aromatic N) is 1. The van der Waals surface area contributed by atoms with E-state index in [1.807, 2.05) is 0 Å². The fourth-order valence-electron chi connectivity index (χ4n) is 3.36. The lowest BCUT2D eigenvalue weighted by Gasteiger charge is -2.36. The quantitative estimate of drug-likeness (QED) is 0.530. The van der Waals surface area contributed by atoms with Crippen LogP contribution in [0.1, 0.15) is 12.8 Å². The number of hydrogen-bond donors (Lipinski definition) is 4. The Morgan fingerprint density at radius 2 is 2.00 bits per heavy atom. The van der Waals surface area contributed by atoms with E-state index in [1.54, 1.807) is 24.3 Å². The Morgan fingerprint density at radius 1 is 1.24 bits per heavy atom. The number of imide groups is 1. The minimum atomic E-state index is -4.42. The van der Waals surface area contributed by atoms with E-state index in [0.717, 1.165) is 4.90 Å². The highest BCUT2D eigenvalue weighted by atomic mass is 19.4. The van der Waals surface area contributed by atoms with Gasteiger partial charge in [0.25, 0.3) is 0 Å². The molecule has 0 saturated carbocycles. The first-order valence-electron chi connectivity index (χ1n) is 9.24. The third kappa shape index (κ3) is 5.67. The van der Waals surface area contributed by atoms with Gasteiger partial charge in [-0.3, -0.25) is 24.6 Å². The molecule has 3 amide bonds. The second kappa shape index (κ2) is 8.78. The number of halogens is 3. The maximum Gasteiger partial charge on any atom is 0.405 e. The van der Waals surface area contributed by atoms with Crippen molar-refractivity contribution in [1.82, 2.24) is 15.5 Å². The summed E-state index contributed by atoms with van der Waals surface area (Å²) in [7, 11) is 0. The molecule has 3 rings (SSSR count). The first-order valence-corrected chi connectivity index (χ1v) is 9.24. The Balaban J connectivity index is 1.58. The molecular formula is C18H22F3N5O3. The fourth-order valence-corrected chi connectivity index (χ4v) is 3.36. The largest absolute Gasteiger partial charge is 0.405 e. The standard InChI is InChI=1S/C18H22F3N5O3/c19-18(20,21)14-9-22-6-7-26(14)10-16(28)24-12-3-1-2-11(8-12)23-13-4-5-15(27)25-17(13)29/h1-3,8,13-14,22-23H,4-7,9-10H2,(H,24,28)(H,25,27,29)/t13?,14-/m0/s1. The van der Waals surface area contributed by atoms with Crippen molar-refractivity contribution < 1.29 is 27.6 Å². The van der Waals surface area contributed by atoms with Crippen LogP contribution in [0.2, 0.25) is 0 Å². The molecule has 11 heteroatoms. The predicted molar refractivity (Wildman–Crippen MR) is 99.2 cm³/mol. The molecular weight excluding hydrogens is 391 g/mol. The number of benzene rings is 1. The van der Waals surface area contributed by atoms with Gasteiger partial charge in [0, 0.05) is 37.4 Å². The molecule has 158 valence electrons. The number of hydrogen-bond acceptors (Lipinski definition) is 6. The molecule has 0 spiro atoms. The van der Waals surface area contributed by atoms with Gasteiger partial charge in [0.15, 0.2) is 0 Å². The topological polar surface area (TPSA) is 103 Å². The zero-order chi connectivity index (χ0) is 21.0. The molecule has 1 aromatic carbocycles. The summed E-state index contributed by atoms with van der Waals surface area (Å²) >= 11 is 0. The molecule has 1 unspecified atom stereocenters. The number of carbonyl (C=O) groups is 3. The lowest BCUT2D eigenvalue weighted by atomic mass is 10.1. The van der Waals surface area contributed by atoms with Gasteiger partial charge >= 0.3 is 6.18 Å². The zero-order valence-electron chi connectivity index (χ0n) is 15.5. The molecule has 0 radical (unpaired) electrons. The molecule has 2 saturated heterocycles. The summed E-state index contributed by atoms with van der Waals surface area (Å²) in [5.74, 6) is -1.30. The van der Waals surface area contributed by atoms with E-state index in [0.29, 0.717) is 24.3 Å². The lowest BCUT2D eigenvalue weighted by molar-refractivity contribution is -0.187. The van der Waals surface area contributed by atoms with Crippen LogP contribution >= 0.6 is 0 Å². The normalized spacial score (nSPS) is 23.4. The fraction of sp³-hybridized carbons (Fsp3) is 0.500. The van der Waals surface area contributed by atoms with Crippen molar-refractivity contribution in [3.8, 4) is 0 Å². The number of piperazine rings is 1. The van der Waals surface area contributed by atoms with Crippen LogP contribution in [-0.4, -0.2) is 67.1 Å². The Hall–Kier alpha value is -2.66. The monoisotopic (exact) mass is 413 g/mol. The molecule has 2 aliphatic heterocycles. The van der Waals surface area contributed by atoms with Gasteiger partial charge in [-0.1, -0.05) is 6.07 Å². The number of alkyl halides is 3. The first kappa shape index (κ1) is 21.1. The van der Waals surface area contributed by atoms with Crippen LogP contribution in [-0.2, 0) is 14.4 Å². The maximum atomic E-state index is 13.1. The SMILES string of the molecule is O=C1CCC(Nc2cccc(NC(=O)CN3CCNC[C@H]3C(F)(F)F)c2)C(=O)N1. The van der Waals surface area contributed by atoms with Gasteiger partial charge in [0.2, 0.25) is 17.7 Å². The number of anilines is 2. The third-order valence-electron chi connectivity index (χ3n) is 4.81. The Bertz CT molecular complexity index is 786. The van der Waals surface area contributed by atoms with Gasteiger partial charge in [-0.2, -0.15) is 13.2 Å². The van der Waals surface area contributed by atoms with Crippen LogP contribution in [0.5, 0.6) is 0 Å². The van der Waals surface area contributed by atoms with Gasteiger partial charge in [0.05, 0.1) is 6.54 Å². The molecule has 0 aromatic heterocycles. The predicted octanol–water partition coefficient (Wildman–Crippen LogP) is 0.678. The maximum absolute atomic E-state index is 13.1. The molecule has 29 heavy (non-hydrogen) atoms. The van der Waals surface area contributed by atoms with Crippen molar-refractivity contribution in [3.05, 3.63) is 24.3 Å². The van der Waals surface area contributed by atoms with Crippen LogP contribution in [0.15, 0.2) is 24.3 Å². The summed E-state index contributed by atoms with van der Waals surface area (Å²) in [6, 6.07) is 4.24. The Kier molecular flexibility index (Phi) is 6.38. The van der Waals surface area contributed by atoms with Crippen LogP contribution in [0.25, 0.3) is 0 Å². The Morgan fingerprint density at radius 3 is 2.72 bits per heavy atom. The summed E-state index contributed by atoms with van der Waals surface area (Å²) in [6.45, 7) is -0.126. The molecule has 4 N–H and O–H groups in total. The van der Waals surface area contributed by atoms with E-state index in [-0.39, 0.29) is 32.0 Å². The van der Waals surface area contributed by atoms with E-state index in [4.69, 9.17) is 0 Å². The number of carbonyl (C=O) groups excluding carboxylic acids is 3. The van der Waals surface area contributed by atoms with E-state index in [2.05, 4.69) is 21.3 Å². The number of piperidine rings is 1. The van der Waals surface area contributed by atoms with Crippen LogP contribution < -0.4 is 21.3 Å². The van der Waals surface area contributed by atoms with Crippen LogP contribution in [0.3, 0.4) is 0 Å². The molecule has 1 aromatic rings. The molecule has 2 atom stereocenters. The van der Waals surface area contributed by atoms with Crippen molar-refractivity contribution in [2.75, 3.05) is 36.8 Å². The minimum absolute atomic E-state index is 0.120. The third-order valence-corrected chi connectivity index (χ3v) is 4.81. The summed E-state index contributed by atoms with van der Waals surface area (Å²) < 4.78 is 39.4. The molecule has 0 aliphatic carbocycles. The molecule has 2 aliphatic rings. The molecule has 0 bridgehead atoms. The minimum Gasteiger partial charge on any atom is -0.374 e. The van der Waals surface area contributed by atoms with Crippen molar-refractivity contribution in [2.45, 2.75) is 31.1 Å². The number of rotatable bonds is 5. The highest BCUT2D eigenvalue weighted by Crippen LogP contribution is 2.26. The van der Waals surface area contributed by atoms with E-state index >= 15 is 0 Å². The van der Waals surface area contributed by atoms with Gasteiger partial charge in [-0.25, -0.2) is 0 Å². The van der Waals surface area contributed by atoms with Gasteiger partial charge in [-0.15, -0.1) is 0 Å². The lowest BCUT2D eigenvalue weighted by Crippen LogP contribution is -2.59. The smallest absolute Gasteiger partial charge is 0.374 e. The second-order valence-electron chi connectivity index (χ2n) is 7.01. The van der Waals surface area contributed by atoms with E-state index in [9.17, 15) is 27.6 Å². The molecule has 8 nitrogen and oxygen atoms in total. The Labute approximate surface area is 165 Å². The van der Waals surface area contributed by atoms with Crippen molar-refractivity contribution in [1.29, 1.82) is 0 Å². The molecule has 2 fully saturated rings. The zero-order valence-corrected chi connectivity index (χ0v) is 15.5. The van der Waals surface area contributed by atoms with Gasteiger partial charge < -0.3 is 16.0 Å². The van der Waals surface area contributed by atoms with Gasteiger partial charge in [-0.05, 0) is 24.6 Å². The summed E-state index contributed by atoms with van der Waals surface area (Å²) in [5.41, 5.74) is 0.943. The number of nitrogens with one attached hydrogen (secondary N) is 4. The second-order valence-corrected chi connectivity index (χ2v) is 7.01. The highest BCUT2D eigenvalue weighted by Gasteiger charge is 2.45. The average molecular weight is 413 g/mol.